The van der Waals surface area contributed by atoms with Crippen LogP contribution in [-0.4, -0.2) is 64.9 Å². The van der Waals surface area contributed by atoms with Gasteiger partial charge in [-0.2, -0.15) is 0 Å². The van der Waals surface area contributed by atoms with E-state index < -0.39 is 24.2 Å². The summed E-state index contributed by atoms with van der Waals surface area (Å²) < 4.78 is 6.16. The summed E-state index contributed by atoms with van der Waals surface area (Å²) in [7, 11) is 0. The Kier molecular flexibility index (Phi) is 7.71. The first-order valence-corrected chi connectivity index (χ1v) is 12.4. The summed E-state index contributed by atoms with van der Waals surface area (Å²) in [6.45, 7) is 2.55. The van der Waals surface area contributed by atoms with Gasteiger partial charge in [0.25, 0.3) is 0 Å². The van der Waals surface area contributed by atoms with Crippen LogP contribution in [0.2, 0.25) is 0 Å². The quantitative estimate of drug-likeness (QED) is 0.558. The summed E-state index contributed by atoms with van der Waals surface area (Å²) in [6.07, 6.45) is 7.06. The molecule has 1 aromatic rings. The summed E-state index contributed by atoms with van der Waals surface area (Å²) >= 11 is 0. The molecule has 1 aromatic carbocycles. The number of ether oxygens (including phenoxy) is 1. The first kappa shape index (κ1) is 23.8. The highest BCUT2D eigenvalue weighted by molar-refractivity contribution is 5.96. The van der Waals surface area contributed by atoms with E-state index in [9.17, 15) is 19.8 Å². The maximum absolute atomic E-state index is 13.2. The zero-order chi connectivity index (χ0) is 23.4. The lowest BCUT2D eigenvalue weighted by molar-refractivity contribution is -0.138. The van der Waals surface area contributed by atoms with E-state index >= 15 is 0 Å². The van der Waals surface area contributed by atoms with E-state index in [4.69, 9.17) is 4.74 Å². The maximum Gasteiger partial charge on any atom is 0.247 e. The largest absolute Gasteiger partial charge is 0.486 e. The van der Waals surface area contributed by atoms with Gasteiger partial charge in [-0.1, -0.05) is 44.4 Å². The maximum atomic E-state index is 13.2. The van der Waals surface area contributed by atoms with Crippen LogP contribution in [0.5, 0.6) is 5.75 Å². The Morgan fingerprint density at radius 1 is 1.18 bits per heavy atom. The summed E-state index contributed by atoms with van der Waals surface area (Å²) in [6, 6.07) is 6.90. The van der Waals surface area contributed by atoms with Crippen molar-refractivity contribution in [3.05, 3.63) is 41.5 Å². The standard InChI is InChI=1S/C26H36N2O5/c1-2-8-22(30)28(16-17-9-4-3-5-10-17)20-15-19(26(32)27-13-14-29)23-18-11-6-7-12-21(18)33-25(23)24(20)31/h6-7,11-12,15,17,20,23-25,29,31H,2-5,8-10,13-14,16H2,1H3,(H,27,32)/t20-,23+,24+,25+/m1/s1. The Hall–Kier alpha value is -2.38. The van der Waals surface area contributed by atoms with E-state index in [-0.39, 0.29) is 25.0 Å². The minimum atomic E-state index is -0.943. The molecule has 1 fully saturated rings. The molecule has 0 aromatic heterocycles. The number of aliphatic hydroxyl groups excluding tert-OH is 2. The number of fused-ring (bicyclic) bond motifs is 3. The molecule has 0 radical (unpaired) electrons. The molecule has 1 heterocycles. The number of benzene rings is 1. The van der Waals surface area contributed by atoms with Crippen LogP contribution in [0.15, 0.2) is 35.9 Å². The summed E-state index contributed by atoms with van der Waals surface area (Å²) in [5.74, 6) is 0.367. The molecule has 7 nitrogen and oxygen atoms in total. The fourth-order valence-electron chi connectivity index (χ4n) is 5.59. The van der Waals surface area contributed by atoms with Gasteiger partial charge < -0.3 is 25.2 Å². The fraction of sp³-hybridized carbons (Fsp3) is 0.615. The first-order chi connectivity index (χ1) is 16.0. The van der Waals surface area contributed by atoms with Crippen LogP contribution in [0.4, 0.5) is 0 Å². The average Bonchev–Trinajstić information content (AvgIpc) is 3.23. The van der Waals surface area contributed by atoms with Gasteiger partial charge in [0.1, 0.15) is 18.0 Å². The molecule has 4 rings (SSSR count). The monoisotopic (exact) mass is 456 g/mol. The highest BCUT2D eigenvalue weighted by Crippen LogP contribution is 2.47. The lowest BCUT2D eigenvalue weighted by atomic mass is 9.77. The van der Waals surface area contributed by atoms with Crippen LogP contribution in [-0.2, 0) is 9.59 Å². The van der Waals surface area contributed by atoms with Crippen molar-refractivity contribution in [2.75, 3.05) is 19.7 Å². The van der Waals surface area contributed by atoms with E-state index in [0.29, 0.717) is 30.2 Å². The minimum absolute atomic E-state index is 0.00690. The van der Waals surface area contributed by atoms with Gasteiger partial charge in [-0.15, -0.1) is 0 Å². The Labute approximate surface area is 195 Å². The number of hydrogen-bond donors (Lipinski definition) is 3. The third-order valence-electron chi connectivity index (χ3n) is 7.20. The van der Waals surface area contributed by atoms with Gasteiger partial charge in [0.05, 0.1) is 18.6 Å². The summed E-state index contributed by atoms with van der Waals surface area (Å²) in [5.41, 5.74) is 1.36. The molecule has 33 heavy (non-hydrogen) atoms. The smallest absolute Gasteiger partial charge is 0.247 e. The molecule has 3 N–H and O–H groups in total. The second-order valence-corrected chi connectivity index (χ2v) is 9.48. The van der Waals surface area contributed by atoms with Crippen LogP contribution in [0.1, 0.15) is 63.4 Å². The molecule has 3 aliphatic rings. The number of carbonyl (C=O) groups excluding carboxylic acids is 2. The molecule has 0 spiro atoms. The molecular formula is C26H36N2O5. The van der Waals surface area contributed by atoms with Crippen LogP contribution >= 0.6 is 0 Å². The van der Waals surface area contributed by atoms with E-state index in [1.807, 2.05) is 31.2 Å². The van der Waals surface area contributed by atoms with Gasteiger partial charge in [-0.3, -0.25) is 9.59 Å². The Morgan fingerprint density at radius 3 is 2.67 bits per heavy atom. The van der Waals surface area contributed by atoms with Crippen LogP contribution < -0.4 is 10.1 Å². The van der Waals surface area contributed by atoms with Crippen LogP contribution in [0, 0.1) is 5.92 Å². The normalized spacial score (nSPS) is 26.6. The third-order valence-corrected chi connectivity index (χ3v) is 7.20. The minimum Gasteiger partial charge on any atom is -0.486 e. The molecule has 2 aliphatic carbocycles. The summed E-state index contributed by atoms with van der Waals surface area (Å²) in [5, 5.41) is 23.4. The molecule has 7 heteroatoms. The second kappa shape index (κ2) is 10.7. The zero-order valence-electron chi connectivity index (χ0n) is 19.4. The zero-order valence-corrected chi connectivity index (χ0v) is 19.4. The van der Waals surface area contributed by atoms with E-state index in [2.05, 4.69) is 5.32 Å². The van der Waals surface area contributed by atoms with Crippen molar-refractivity contribution in [3.8, 4) is 5.75 Å². The van der Waals surface area contributed by atoms with Crippen LogP contribution in [0.25, 0.3) is 0 Å². The Morgan fingerprint density at radius 2 is 1.94 bits per heavy atom. The number of hydrogen-bond acceptors (Lipinski definition) is 5. The van der Waals surface area contributed by atoms with Crippen molar-refractivity contribution in [1.29, 1.82) is 0 Å². The lowest BCUT2D eigenvalue weighted by Gasteiger charge is -2.42. The topological polar surface area (TPSA) is 99.1 Å². The Bertz CT molecular complexity index is 879. The number of amides is 2. The predicted octanol–water partition coefficient (Wildman–Crippen LogP) is 2.52. The van der Waals surface area contributed by atoms with Gasteiger partial charge in [-0.05, 0) is 37.3 Å². The molecule has 0 unspecified atom stereocenters. The van der Waals surface area contributed by atoms with Crippen molar-refractivity contribution < 1.29 is 24.5 Å². The first-order valence-electron chi connectivity index (χ1n) is 12.4. The molecule has 180 valence electrons. The predicted molar refractivity (Wildman–Crippen MR) is 125 cm³/mol. The highest BCUT2D eigenvalue weighted by atomic mass is 16.5. The van der Waals surface area contributed by atoms with Gasteiger partial charge in [0.2, 0.25) is 11.8 Å². The van der Waals surface area contributed by atoms with E-state index in [1.165, 1.54) is 19.3 Å². The summed E-state index contributed by atoms with van der Waals surface area (Å²) in [4.78, 5) is 28.2. The fourth-order valence-corrected chi connectivity index (χ4v) is 5.59. The second-order valence-electron chi connectivity index (χ2n) is 9.48. The molecular weight excluding hydrogens is 420 g/mol. The number of rotatable bonds is 8. The highest BCUT2D eigenvalue weighted by Gasteiger charge is 2.50. The molecule has 2 amide bonds. The van der Waals surface area contributed by atoms with Crippen molar-refractivity contribution in [2.45, 2.75) is 76.0 Å². The van der Waals surface area contributed by atoms with Gasteiger partial charge in [-0.25, -0.2) is 0 Å². The average molecular weight is 457 g/mol. The number of nitrogens with zero attached hydrogens (tertiary/aromatic N) is 1. The molecule has 0 bridgehead atoms. The van der Waals surface area contributed by atoms with Crippen molar-refractivity contribution in [1.82, 2.24) is 10.2 Å². The van der Waals surface area contributed by atoms with E-state index in [1.54, 1.807) is 11.0 Å². The van der Waals surface area contributed by atoms with Crippen molar-refractivity contribution in [3.63, 3.8) is 0 Å². The number of aliphatic hydroxyl groups is 2. The van der Waals surface area contributed by atoms with Crippen molar-refractivity contribution in [2.24, 2.45) is 5.92 Å². The SMILES string of the molecule is CCCC(=O)N(CC1CCCCC1)[C@@H]1C=C(C(=O)NCCO)[C@@H]2c3ccccc3O[C@@H]2[C@H]1O. The number of carbonyl (C=O) groups is 2. The van der Waals surface area contributed by atoms with Crippen LogP contribution in [0.3, 0.4) is 0 Å². The van der Waals surface area contributed by atoms with Gasteiger partial charge in [0, 0.05) is 30.6 Å². The number of para-hydroxylation sites is 1. The molecule has 1 saturated carbocycles. The molecule has 0 saturated heterocycles. The van der Waals surface area contributed by atoms with Crippen molar-refractivity contribution >= 4 is 11.8 Å². The Balaban J connectivity index is 1.70. The van der Waals surface area contributed by atoms with Gasteiger partial charge in [0.15, 0.2) is 0 Å². The third kappa shape index (κ3) is 4.94. The molecule has 1 aliphatic heterocycles. The van der Waals surface area contributed by atoms with E-state index in [0.717, 1.165) is 24.8 Å². The lowest BCUT2D eigenvalue weighted by Crippen LogP contribution is -2.56. The van der Waals surface area contributed by atoms with Gasteiger partial charge >= 0.3 is 0 Å². The molecule has 4 atom stereocenters. The number of nitrogens with one attached hydrogen (secondary N) is 1.